The van der Waals surface area contributed by atoms with Crippen LogP contribution in [0.3, 0.4) is 0 Å². The number of benzene rings is 3. The molecule has 0 aliphatic carbocycles. The van der Waals surface area contributed by atoms with Crippen molar-refractivity contribution in [1.82, 2.24) is 15.1 Å². The van der Waals surface area contributed by atoms with E-state index in [1.807, 2.05) is 61.5 Å². The average Bonchev–Trinajstić information content (AvgIpc) is 2.82. The largest absolute Gasteiger partial charge is 0.346 e. The standard InChI is InChI=1S/C25H20ClN3O2S/c1-17(18-5-3-2-4-6-18)27-25(31)19-7-11-21(12-8-19)29-24(30)16-15-23(28-29)32-22-13-9-20(26)10-14-22/h2-17H,1H3,(H,27,31)/t17-/m0/s1. The van der Waals surface area contributed by atoms with Crippen LogP contribution in [0.2, 0.25) is 5.02 Å². The van der Waals surface area contributed by atoms with E-state index >= 15 is 0 Å². The molecule has 3 aromatic carbocycles. The van der Waals surface area contributed by atoms with Gasteiger partial charge >= 0.3 is 0 Å². The van der Waals surface area contributed by atoms with Crippen molar-refractivity contribution in [3.63, 3.8) is 0 Å². The number of nitrogens with zero attached hydrogens (tertiary/aromatic N) is 2. The lowest BCUT2D eigenvalue weighted by molar-refractivity contribution is 0.0940. The van der Waals surface area contributed by atoms with Gasteiger partial charge in [0.05, 0.1) is 11.7 Å². The molecular weight excluding hydrogens is 442 g/mol. The fourth-order valence-electron chi connectivity index (χ4n) is 3.12. The number of nitrogens with one attached hydrogen (secondary N) is 1. The number of hydrogen-bond acceptors (Lipinski definition) is 4. The Morgan fingerprint density at radius 3 is 2.31 bits per heavy atom. The molecule has 0 unspecified atom stereocenters. The molecule has 0 fully saturated rings. The molecule has 160 valence electrons. The fourth-order valence-corrected chi connectivity index (χ4v) is 4.01. The summed E-state index contributed by atoms with van der Waals surface area (Å²) in [5.74, 6) is -0.180. The Balaban J connectivity index is 1.50. The molecule has 1 N–H and O–H groups in total. The zero-order valence-electron chi connectivity index (χ0n) is 17.2. The normalized spacial score (nSPS) is 11.7. The highest BCUT2D eigenvalue weighted by molar-refractivity contribution is 7.99. The van der Waals surface area contributed by atoms with E-state index in [-0.39, 0.29) is 17.5 Å². The lowest BCUT2D eigenvalue weighted by atomic mass is 10.1. The van der Waals surface area contributed by atoms with Crippen molar-refractivity contribution in [2.45, 2.75) is 22.9 Å². The van der Waals surface area contributed by atoms with Crippen LogP contribution in [0.4, 0.5) is 0 Å². The number of halogens is 1. The summed E-state index contributed by atoms with van der Waals surface area (Å²) in [5, 5.41) is 8.78. The first-order valence-corrected chi connectivity index (χ1v) is 11.2. The van der Waals surface area contributed by atoms with E-state index in [0.717, 1.165) is 10.5 Å². The highest BCUT2D eigenvalue weighted by Gasteiger charge is 2.12. The number of rotatable bonds is 6. The van der Waals surface area contributed by atoms with E-state index < -0.39 is 0 Å². The summed E-state index contributed by atoms with van der Waals surface area (Å²) >= 11 is 7.37. The maximum absolute atomic E-state index is 12.6. The molecule has 1 aromatic heterocycles. The van der Waals surface area contributed by atoms with Crippen LogP contribution >= 0.6 is 23.4 Å². The Labute approximate surface area is 195 Å². The molecule has 4 rings (SSSR count). The highest BCUT2D eigenvalue weighted by atomic mass is 35.5. The molecule has 0 radical (unpaired) electrons. The van der Waals surface area contributed by atoms with Gasteiger partial charge in [-0.2, -0.15) is 9.78 Å². The van der Waals surface area contributed by atoms with Gasteiger partial charge in [0.2, 0.25) is 0 Å². The van der Waals surface area contributed by atoms with Gasteiger partial charge in [-0.1, -0.05) is 53.7 Å². The summed E-state index contributed by atoms with van der Waals surface area (Å²) < 4.78 is 1.33. The first kappa shape index (κ1) is 21.9. The van der Waals surface area contributed by atoms with Crippen LogP contribution in [0.1, 0.15) is 28.9 Å². The zero-order valence-corrected chi connectivity index (χ0v) is 18.8. The number of carbonyl (C=O) groups is 1. The Bertz CT molecular complexity index is 1270. The van der Waals surface area contributed by atoms with E-state index in [1.165, 1.54) is 22.5 Å². The van der Waals surface area contributed by atoms with E-state index in [2.05, 4.69) is 10.4 Å². The van der Waals surface area contributed by atoms with Crippen LogP contribution in [-0.4, -0.2) is 15.7 Å². The Morgan fingerprint density at radius 2 is 1.62 bits per heavy atom. The summed E-state index contributed by atoms with van der Waals surface area (Å²) in [6.07, 6.45) is 0. The third kappa shape index (κ3) is 5.28. The predicted molar refractivity (Wildman–Crippen MR) is 128 cm³/mol. The van der Waals surface area contributed by atoms with Crippen molar-refractivity contribution in [3.8, 4) is 5.69 Å². The molecule has 0 bridgehead atoms. The maximum atomic E-state index is 12.6. The summed E-state index contributed by atoms with van der Waals surface area (Å²) in [4.78, 5) is 26.0. The van der Waals surface area contributed by atoms with Gasteiger partial charge in [-0.05, 0) is 67.1 Å². The molecule has 32 heavy (non-hydrogen) atoms. The average molecular weight is 462 g/mol. The third-order valence-corrected chi connectivity index (χ3v) is 6.02. The summed E-state index contributed by atoms with van der Waals surface area (Å²) in [7, 11) is 0. The topological polar surface area (TPSA) is 64.0 Å². The lowest BCUT2D eigenvalue weighted by Crippen LogP contribution is -2.26. The van der Waals surface area contributed by atoms with Gasteiger partial charge in [0, 0.05) is 21.5 Å². The molecular formula is C25H20ClN3O2S. The highest BCUT2D eigenvalue weighted by Crippen LogP contribution is 2.26. The van der Waals surface area contributed by atoms with Gasteiger partial charge in [0.25, 0.3) is 11.5 Å². The van der Waals surface area contributed by atoms with Crippen LogP contribution in [0.15, 0.2) is 106 Å². The SMILES string of the molecule is C[C@H](NC(=O)c1ccc(-n2nc(Sc3ccc(Cl)cc3)ccc2=O)cc1)c1ccccc1. The molecule has 1 heterocycles. The quantitative estimate of drug-likeness (QED) is 0.410. The maximum Gasteiger partial charge on any atom is 0.271 e. The van der Waals surface area contributed by atoms with Gasteiger partial charge in [0.1, 0.15) is 5.03 Å². The van der Waals surface area contributed by atoms with E-state index in [0.29, 0.717) is 21.3 Å². The summed E-state index contributed by atoms with van der Waals surface area (Å²) in [5.41, 5.74) is 1.88. The predicted octanol–water partition coefficient (Wildman–Crippen LogP) is 5.53. The summed E-state index contributed by atoms with van der Waals surface area (Å²) in [6.45, 7) is 1.94. The molecule has 1 atom stereocenters. The first-order valence-electron chi connectivity index (χ1n) is 10.00. The van der Waals surface area contributed by atoms with Gasteiger partial charge in [-0.25, -0.2) is 0 Å². The molecule has 0 aliphatic rings. The van der Waals surface area contributed by atoms with E-state index in [9.17, 15) is 9.59 Å². The van der Waals surface area contributed by atoms with E-state index in [1.54, 1.807) is 30.3 Å². The first-order chi connectivity index (χ1) is 15.5. The van der Waals surface area contributed by atoms with Crippen molar-refractivity contribution in [2.24, 2.45) is 0 Å². The van der Waals surface area contributed by atoms with Gasteiger partial charge in [0.15, 0.2) is 0 Å². The van der Waals surface area contributed by atoms with Crippen molar-refractivity contribution < 1.29 is 4.79 Å². The van der Waals surface area contributed by atoms with Gasteiger partial charge < -0.3 is 5.32 Å². The second-order valence-corrected chi connectivity index (χ2v) is 8.66. The zero-order chi connectivity index (χ0) is 22.5. The molecule has 7 heteroatoms. The monoisotopic (exact) mass is 461 g/mol. The van der Waals surface area contributed by atoms with Crippen molar-refractivity contribution >= 4 is 29.3 Å². The molecule has 0 saturated heterocycles. The van der Waals surface area contributed by atoms with Gasteiger partial charge in [-0.3, -0.25) is 9.59 Å². The molecule has 0 aliphatic heterocycles. The number of hydrogen-bond donors (Lipinski definition) is 1. The van der Waals surface area contributed by atoms with Crippen molar-refractivity contribution in [1.29, 1.82) is 0 Å². The fraction of sp³-hybridized carbons (Fsp3) is 0.0800. The minimum atomic E-state index is -0.250. The van der Waals surface area contributed by atoms with Crippen molar-refractivity contribution in [3.05, 3.63) is 117 Å². The Morgan fingerprint density at radius 1 is 0.938 bits per heavy atom. The van der Waals surface area contributed by atoms with Crippen LogP contribution in [0.25, 0.3) is 5.69 Å². The molecule has 0 saturated carbocycles. The van der Waals surface area contributed by atoms with Gasteiger partial charge in [-0.15, -0.1) is 0 Å². The molecule has 5 nitrogen and oxygen atoms in total. The van der Waals surface area contributed by atoms with Crippen LogP contribution < -0.4 is 10.9 Å². The Hall–Kier alpha value is -3.35. The molecule has 0 spiro atoms. The van der Waals surface area contributed by atoms with Crippen LogP contribution in [0.5, 0.6) is 0 Å². The molecule has 1 amide bonds. The second kappa shape index (κ2) is 9.85. The minimum absolute atomic E-state index is 0.116. The number of carbonyl (C=O) groups excluding carboxylic acids is 1. The number of aromatic nitrogens is 2. The third-order valence-electron chi connectivity index (χ3n) is 4.83. The minimum Gasteiger partial charge on any atom is -0.346 e. The van der Waals surface area contributed by atoms with Crippen LogP contribution in [-0.2, 0) is 0 Å². The molecule has 4 aromatic rings. The van der Waals surface area contributed by atoms with Crippen molar-refractivity contribution in [2.75, 3.05) is 0 Å². The number of amides is 1. The van der Waals surface area contributed by atoms with Crippen LogP contribution in [0, 0.1) is 0 Å². The smallest absolute Gasteiger partial charge is 0.271 e. The van der Waals surface area contributed by atoms with E-state index in [4.69, 9.17) is 11.6 Å². The lowest BCUT2D eigenvalue weighted by Gasteiger charge is -2.14. The second-order valence-electron chi connectivity index (χ2n) is 7.13. The Kier molecular flexibility index (Phi) is 6.73. The summed E-state index contributed by atoms with van der Waals surface area (Å²) in [6, 6.07) is 27.0.